The van der Waals surface area contributed by atoms with E-state index in [1.54, 1.807) is 31.3 Å². The lowest BCUT2D eigenvalue weighted by atomic mass is 10.2. The average Bonchev–Trinajstić information content (AvgIpc) is 2.56. The van der Waals surface area contributed by atoms with Gasteiger partial charge in [0.05, 0.1) is 0 Å². The van der Waals surface area contributed by atoms with Gasteiger partial charge in [0.1, 0.15) is 6.54 Å². The molecule has 0 aliphatic heterocycles. The largest absolute Gasteiger partial charge is 0.451 e. The minimum absolute atomic E-state index is 0.400. The summed E-state index contributed by atoms with van der Waals surface area (Å²) in [4.78, 5) is 50.0. The number of esters is 1. The predicted molar refractivity (Wildman–Crippen MR) is 86.7 cm³/mol. The number of rotatable bonds is 5. The second kappa shape index (κ2) is 7.40. The summed E-state index contributed by atoms with van der Waals surface area (Å²) in [6.07, 6.45) is 0.173. The number of likely N-dealkylation sites (N-methyl/N-ethyl adjacent to an activating group) is 1. The summed E-state index contributed by atoms with van der Waals surface area (Å²) in [5.74, 6) is -1.16. The molecule has 1 N–H and O–H groups in total. The fourth-order valence-corrected chi connectivity index (χ4v) is 2.04. The number of H-pyrrole nitrogens is 1. The molecule has 8 heteroatoms. The van der Waals surface area contributed by atoms with Crippen molar-refractivity contribution in [1.82, 2.24) is 9.55 Å². The van der Waals surface area contributed by atoms with Crippen molar-refractivity contribution in [2.75, 3.05) is 11.9 Å². The Hall–Kier alpha value is -3.16. The minimum Gasteiger partial charge on any atom is -0.451 e. The third-order valence-corrected chi connectivity index (χ3v) is 3.33. The van der Waals surface area contributed by atoms with Crippen LogP contribution < -0.4 is 16.1 Å². The van der Waals surface area contributed by atoms with Gasteiger partial charge in [-0.15, -0.1) is 0 Å². The van der Waals surface area contributed by atoms with Crippen LogP contribution in [0.15, 0.2) is 52.2 Å². The van der Waals surface area contributed by atoms with Crippen LogP contribution in [0, 0.1) is 0 Å². The molecule has 0 unspecified atom stereocenters. The fourth-order valence-electron chi connectivity index (χ4n) is 2.04. The predicted octanol–water partition coefficient (Wildman–Crippen LogP) is 0.131. The van der Waals surface area contributed by atoms with Crippen molar-refractivity contribution in [1.29, 1.82) is 0 Å². The smallest absolute Gasteiger partial charge is 0.328 e. The molecular formula is C16H17N3O5. The number of nitrogens with zero attached hydrogens (tertiary/aromatic N) is 2. The van der Waals surface area contributed by atoms with Gasteiger partial charge in [-0.05, 0) is 19.1 Å². The molecule has 24 heavy (non-hydrogen) atoms. The van der Waals surface area contributed by atoms with Crippen molar-refractivity contribution < 1.29 is 14.3 Å². The second-order valence-corrected chi connectivity index (χ2v) is 5.10. The van der Waals surface area contributed by atoms with E-state index in [0.29, 0.717) is 5.69 Å². The molecule has 0 saturated carbocycles. The van der Waals surface area contributed by atoms with Gasteiger partial charge in [-0.25, -0.2) is 4.79 Å². The molecule has 1 heterocycles. The minimum atomic E-state index is -1.01. The standard InChI is InChI=1S/C16H17N3O5/c1-11(15(22)18(2)12-6-4-3-5-7-12)24-14(21)10-19-9-8-13(20)17-16(19)23/h3-9,11H,10H2,1-2H3,(H,17,20,23)/t11-/m0/s1. The number of amides is 1. The number of benzene rings is 1. The second-order valence-electron chi connectivity index (χ2n) is 5.10. The number of hydrogen-bond donors (Lipinski definition) is 1. The number of nitrogens with one attached hydrogen (secondary N) is 1. The molecule has 0 aliphatic carbocycles. The van der Waals surface area contributed by atoms with Crippen LogP contribution >= 0.6 is 0 Å². The third kappa shape index (κ3) is 4.19. The van der Waals surface area contributed by atoms with Crippen molar-refractivity contribution in [2.45, 2.75) is 19.6 Å². The van der Waals surface area contributed by atoms with E-state index >= 15 is 0 Å². The van der Waals surface area contributed by atoms with E-state index in [2.05, 4.69) is 0 Å². The summed E-state index contributed by atoms with van der Waals surface area (Å²) in [6, 6.07) is 10.0. The Morgan fingerprint density at radius 2 is 1.88 bits per heavy atom. The van der Waals surface area contributed by atoms with Gasteiger partial charge in [-0.1, -0.05) is 18.2 Å². The number of carbonyl (C=O) groups is 2. The van der Waals surface area contributed by atoms with Crippen LogP contribution in [0.2, 0.25) is 0 Å². The van der Waals surface area contributed by atoms with Gasteiger partial charge in [-0.3, -0.25) is 23.9 Å². The van der Waals surface area contributed by atoms with Crippen molar-refractivity contribution in [2.24, 2.45) is 0 Å². The first-order valence-electron chi connectivity index (χ1n) is 7.20. The summed E-state index contributed by atoms with van der Waals surface area (Å²) in [7, 11) is 1.58. The Morgan fingerprint density at radius 3 is 2.50 bits per heavy atom. The molecule has 126 valence electrons. The molecule has 0 fully saturated rings. The van der Waals surface area contributed by atoms with Gasteiger partial charge in [0, 0.05) is 25.0 Å². The lowest BCUT2D eigenvalue weighted by Crippen LogP contribution is -2.39. The van der Waals surface area contributed by atoms with Crippen LogP contribution in [-0.4, -0.2) is 34.6 Å². The molecule has 0 radical (unpaired) electrons. The Bertz CT molecular complexity index is 841. The highest BCUT2D eigenvalue weighted by Gasteiger charge is 2.22. The summed E-state index contributed by atoms with van der Waals surface area (Å²) < 4.78 is 6.05. The van der Waals surface area contributed by atoms with E-state index in [9.17, 15) is 19.2 Å². The van der Waals surface area contributed by atoms with E-state index in [0.717, 1.165) is 10.6 Å². The first-order chi connectivity index (χ1) is 11.4. The topological polar surface area (TPSA) is 101 Å². The van der Waals surface area contributed by atoms with Gasteiger partial charge >= 0.3 is 11.7 Å². The van der Waals surface area contributed by atoms with E-state index < -0.39 is 35.8 Å². The number of anilines is 1. The van der Waals surface area contributed by atoms with E-state index in [4.69, 9.17) is 4.74 Å². The van der Waals surface area contributed by atoms with Crippen LogP contribution in [0.5, 0.6) is 0 Å². The zero-order valence-electron chi connectivity index (χ0n) is 13.3. The van der Waals surface area contributed by atoms with Gasteiger partial charge in [-0.2, -0.15) is 0 Å². The monoisotopic (exact) mass is 331 g/mol. The van der Waals surface area contributed by atoms with Crippen molar-refractivity contribution in [3.05, 3.63) is 63.4 Å². The van der Waals surface area contributed by atoms with E-state index in [-0.39, 0.29) is 0 Å². The molecule has 2 aromatic rings. The maximum Gasteiger partial charge on any atom is 0.328 e. The normalized spacial score (nSPS) is 11.6. The van der Waals surface area contributed by atoms with Gasteiger partial charge in [0.2, 0.25) is 0 Å². The van der Waals surface area contributed by atoms with Crippen molar-refractivity contribution in [3.8, 4) is 0 Å². The van der Waals surface area contributed by atoms with Crippen LogP contribution in [0.1, 0.15) is 6.92 Å². The number of aromatic nitrogens is 2. The van der Waals surface area contributed by atoms with Crippen LogP contribution in [0.3, 0.4) is 0 Å². The van der Waals surface area contributed by atoms with Crippen molar-refractivity contribution in [3.63, 3.8) is 0 Å². The number of hydrogen-bond acceptors (Lipinski definition) is 5. The fraction of sp³-hybridized carbons (Fsp3) is 0.250. The molecule has 2 rings (SSSR count). The lowest BCUT2D eigenvalue weighted by Gasteiger charge is -2.21. The quantitative estimate of drug-likeness (QED) is 0.785. The Labute approximate surface area is 137 Å². The molecule has 0 bridgehead atoms. The van der Waals surface area contributed by atoms with E-state index in [1.807, 2.05) is 11.1 Å². The lowest BCUT2D eigenvalue weighted by molar-refractivity contribution is -0.154. The highest BCUT2D eigenvalue weighted by Crippen LogP contribution is 2.13. The SMILES string of the molecule is C[C@H](OC(=O)Cn1ccc(=O)[nH]c1=O)C(=O)N(C)c1ccccc1. The molecular weight excluding hydrogens is 314 g/mol. The molecule has 0 spiro atoms. The molecule has 1 amide bonds. The Kier molecular flexibility index (Phi) is 5.31. The highest BCUT2D eigenvalue weighted by molar-refractivity contribution is 5.96. The molecule has 1 aromatic heterocycles. The summed E-state index contributed by atoms with van der Waals surface area (Å²) in [5.41, 5.74) is -0.611. The Morgan fingerprint density at radius 1 is 1.21 bits per heavy atom. The number of ether oxygens (including phenoxy) is 1. The Balaban J connectivity index is 1.99. The summed E-state index contributed by atoms with van der Waals surface area (Å²) >= 11 is 0. The van der Waals surface area contributed by atoms with Crippen LogP contribution in [0.25, 0.3) is 0 Å². The maximum absolute atomic E-state index is 12.3. The molecule has 0 saturated heterocycles. The third-order valence-electron chi connectivity index (χ3n) is 3.33. The molecule has 0 aliphatic rings. The van der Waals surface area contributed by atoms with Gasteiger partial charge < -0.3 is 9.64 Å². The highest BCUT2D eigenvalue weighted by atomic mass is 16.5. The number of aromatic amines is 1. The first-order valence-corrected chi connectivity index (χ1v) is 7.20. The van der Waals surface area contributed by atoms with Gasteiger partial charge in [0.25, 0.3) is 11.5 Å². The summed E-state index contributed by atoms with van der Waals surface area (Å²) in [5, 5.41) is 0. The van der Waals surface area contributed by atoms with E-state index in [1.165, 1.54) is 18.0 Å². The molecule has 1 aromatic carbocycles. The maximum atomic E-state index is 12.3. The summed E-state index contributed by atoms with van der Waals surface area (Å²) in [6.45, 7) is 1.05. The van der Waals surface area contributed by atoms with Crippen LogP contribution in [-0.2, 0) is 20.9 Å². The zero-order valence-corrected chi connectivity index (χ0v) is 13.3. The molecule has 1 atom stereocenters. The van der Waals surface area contributed by atoms with Crippen molar-refractivity contribution >= 4 is 17.6 Å². The number of carbonyl (C=O) groups excluding carboxylic acids is 2. The zero-order chi connectivity index (χ0) is 17.7. The average molecular weight is 331 g/mol. The van der Waals surface area contributed by atoms with Crippen LogP contribution in [0.4, 0.5) is 5.69 Å². The number of para-hydroxylation sites is 1. The van der Waals surface area contributed by atoms with Gasteiger partial charge in [0.15, 0.2) is 6.10 Å². The molecule has 8 nitrogen and oxygen atoms in total. The first kappa shape index (κ1) is 17.2.